The Bertz CT molecular complexity index is 427. The summed E-state index contributed by atoms with van der Waals surface area (Å²) in [6, 6.07) is 8.34. The van der Waals surface area contributed by atoms with Crippen LogP contribution in [0.25, 0.3) is 0 Å². The van der Waals surface area contributed by atoms with Gasteiger partial charge in [0, 0.05) is 17.5 Å². The van der Waals surface area contributed by atoms with E-state index < -0.39 is 0 Å². The van der Waals surface area contributed by atoms with Crippen molar-refractivity contribution in [1.29, 1.82) is 0 Å². The number of hydrogen-bond acceptors (Lipinski definition) is 3. The Labute approximate surface area is 125 Å². The van der Waals surface area contributed by atoms with Crippen LogP contribution in [0, 0.1) is 0 Å². The fraction of sp³-hybridized carbons (Fsp3) is 0.562. The fourth-order valence-corrected chi connectivity index (χ4v) is 3.54. The summed E-state index contributed by atoms with van der Waals surface area (Å²) in [5.74, 6) is 1.64. The van der Waals surface area contributed by atoms with Crippen molar-refractivity contribution in [2.24, 2.45) is 0 Å². The van der Waals surface area contributed by atoms with E-state index in [-0.39, 0.29) is 5.91 Å². The molecular formula is C16H23NO2S. The molecule has 0 bridgehead atoms. The van der Waals surface area contributed by atoms with Crippen molar-refractivity contribution < 1.29 is 9.53 Å². The van der Waals surface area contributed by atoms with Crippen LogP contribution in [0.1, 0.15) is 32.6 Å². The van der Waals surface area contributed by atoms with E-state index in [4.69, 9.17) is 4.74 Å². The molecule has 2 rings (SSSR count). The van der Waals surface area contributed by atoms with E-state index in [0.717, 1.165) is 17.2 Å². The average Bonchev–Trinajstić information content (AvgIpc) is 3.00. The highest BCUT2D eigenvalue weighted by Gasteiger charge is 2.25. The summed E-state index contributed by atoms with van der Waals surface area (Å²) in [4.78, 5) is 15.5. The first-order valence-corrected chi connectivity index (χ1v) is 8.29. The third-order valence-electron chi connectivity index (χ3n) is 3.85. The van der Waals surface area contributed by atoms with Crippen molar-refractivity contribution in [3.8, 4) is 5.75 Å². The van der Waals surface area contributed by atoms with E-state index in [1.54, 1.807) is 18.9 Å². The van der Waals surface area contributed by atoms with Crippen molar-refractivity contribution in [2.75, 3.05) is 19.4 Å². The molecule has 3 nitrogen and oxygen atoms in total. The van der Waals surface area contributed by atoms with Gasteiger partial charge in [0.25, 0.3) is 0 Å². The van der Waals surface area contributed by atoms with Crippen molar-refractivity contribution >= 4 is 17.7 Å². The summed E-state index contributed by atoms with van der Waals surface area (Å²) in [5.41, 5.74) is 0. The highest BCUT2D eigenvalue weighted by Crippen LogP contribution is 2.26. The van der Waals surface area contributed by atoms with E-state index in [1.165, 1.54) is 25.7 Å². The van der Waals surface area contributed by atoms with Crippen molar-refractivity contribution in [2.45, 2.75) is 43.5 Å². The highest BCUT2D eigenvalue weighted by molar-refractivity contribution is 8.00. The number of carbonyl (C=O) groups excluding carboxylic acids is 1. The lowest BCUT2D eigenvalue weighted by atomic mass is 10.2. The van der Waals surface area contributed by atoms with E-state index in [9.17, 15) is 4.79 Å². The number of thioether (sulfide) groups is 1. The number of benzene rings is 1. The normalized spacial score (nSPS) is 15.3. The third kappa shape index (κ3) is 3.92. The zero-order valence-corrected chi connectivity index (χ0v) is 13.1. The quantitative estimate of drug-likeness (QED) is 0.751. The number of carbonyl (C=O) groups is 1. The highest BCUT2D eigenvalue weighted by atomic mass is 32.2. The maximum Gasteiger partial charge on any atom is 0.233 e. The van der Waals surface area contributed by atoms with Crippen LogP contribution in [0.3, 0.4) is 0 Å². The molecule has 0 aliphatic heterocycles. The summed E-state index contributed by atoms with van der Waals surface area (Å²) < 4.78 is 5.13. The van der Waals surface area contributed by atoms with Crippen LogP contribution in [-0.4, -0.2) is 36.3 Å². The molecule has 1 aliphatic carbocycles. The Morgan fingerprint density at radius 2 is 1.95 bits per heavy atom. The smallest absolute Gasteiger partial charge is 0.233 e. The van der Waals surface area contributed by atoms with Crippen LogP contribution in [0.15, 0.2) is 29.2 Å². The maximum atomic E-state index is 12.3. The summed E-state index contributed by atoms with van der Waals surface area (Å²) in [6.45, 7) is 2.90. The summed E-state index contributed by atoms with van der Waals surface area (Å²) >= 11 is 1.60. The van der Waals surface area contributed by atoms with E-state index in [1.807, 2.05) is 24.3 Å². The Morgan fingerprint density at radius 3 is 2.50 bits per heavy atom. The number of hydrogen-bond donors (Lipinski definition) is 0. The van der Waals surface area contributed by atoms with Gasteiger partial charge in [-0.1, -0.05) is 12.8 Å². The molecule has 1 aliphatic rings. The second-order valence-corrected chi connectivity index (χ2v) is 6.13. The molecule has 0 saturated heterocycles. The zero-order valence-electron chi connectivity index (χ0n) is 12.3. The van der Waals surface area contributed by atoms with Gasteiger partial charge in [0.1, 0.15) is 5.75 Å². The lowest BCUT2D eigenvalue weighted by Gasteiger charge is -2.27. The molecule has 1 aromatic rings. The van der Waals surface area contributed by atoms with Gasteiger partial charge in [-0.25, -0.2) is 0 Å². The molecule has 0 unspecified atom stereocenters. The zero-order chi connectivity index (χ0) is 14.4. The topological polar surface area (TPSA) is 29.5 Å². The van der Waals surface area contributed by atoms with Gasteiger partial charge in [-0.15, -0.1) is 11.8 Å². The number of amides is 1. The lowest BCUT2D eigenvalue weighted by molar-refractivity contribution is -0.130. The molecule has 0 atom stereocenters. The van der Waals surface area contributed by atoms with E-state index in [2.05, 4.69) is 11.8 Å². The second-order valence-electron chi connectivity index (χ2n) is 5.08. The van der Waals surface area contributed by atoms with Crippen LogP contribution in [0.5, 0.6) is 5.75 Å². The van der Waals surface area contributed by atoms with Gasteiger partial charge < -0.3 is 9.64 Å². The molecule has 0 aromatic heterocycles. The molecule has 110 valence electrons. The molecule has 0 heterocycles. The van der Waals surface area contributed by atoms with Crippen LogP contribution >= 0.6 is 11.8 Å². The van der Waals surface area contributed by atoms with Crippen molar-refractivity contribution in [3.05, 3.63) is 24.3 Å². The first-order chi connectivity index (χ1) is 9.74. The van der Waals surface area contributed by atoms with Gasteiger partial charge in [0.2, 0.25) is 5.91 Å². The third-order valence-corrected chi connectivity index (χ3v) is 4.85. The van der Waals surface area contributed by atoms with Crippen LogP contribution in [0.4, 0.5) is 0 Å². The molecule has 0 spiro atoms. The van der Waals surface area contributed by atoms with Crippen LogP contribution in [0.2, 0.25) is 0 Å². The van der Waals surface area contributed by atoms with Gasteiger partial charge in [-0.2, -0.15) is 0 Å². The molecule has 1 saturated carbocycles. The van der Waals surface area contributed by atoms with Gasteiger partial charge >= 0.3 is 0 Å². The van der Waals surface area contributed by atoms with Crippen molar-refractivity contribution in [3.63, 3.8) is 0 Å². The Hall–Kier alpha value is -1.16. The molecule has 20 heavy (non-hydrogen) atoms. The van der Waals surface area contributed by atoms with Crippen LogP contribution in [-0.2, 0) is 4.79 Å². The fourth-order valence-electron chi connectivity index (χ4n) is 2.75. The Balaban J connectivity index is 1.86. The van der Waals surface area contributed by atoms with Gasteiger partial charge in [0.15, 0.2) is 0 Å². The minimum absolute atomic E-state index is 0.264. The van der Waals surface area contributed by atoms with Gasteiger partial charge in [0.05, 0.1) is 12.9 Å². The Kier molecular flexibility index (Phi) is 5.77. The SMILES string of the molecule is CCN(C(=O)CSc1ccc(OC)cc1)C1CCCC1. The monoisotopic (exact) mass is 293 g/mol. The standard InChI is InChI=1S/C16H23NO2S/c1-3-17(13-6-4-5-7-13)16(18)12-20-15-10-8-14(19-2)9-11-15/h8-11,13H,3-7,12H2,1-2H3. The Morgan fingerprint density at radius 1 is 1.30 bits per heavy atom. The molecule has 1 amide bonds. The molecule has 1 fully saturated rings. The van der Waals surface area contributed by atoms with E-state index >= 15 is 0 Å². The van der Waals surface area contributed by atoms with Crippen molar-refractivity contribution in [1.82, 2.24) is 4.90 Å². The molecule has 4 heteroatoms. The minimum Gasteiger partial charge on any atom is -0.497 e. The van der Waals surface area contributed by atoms with Gasteiger partial charge in [-0.05, 0) is 44.0 Å². The van der Waals surface area contributed by atoms with Crippen LogP contribution < -0.4 is 4.74 Å². The molecule has 1 aromatic carbocycles. The average molecular weight is 293 g/mol. The maximum absolute atomic E-state index is 12.3. The summed E-state index contributed by atoms with van der Waals surface area (Å²) in [7, 11) is 1.66. The molecule has 0 N–H and O–H groups in total. The second kappa shape index (κ2) is 7.58. The number of ether oxygens (including phenoxy) is 1. The summed E-state index contributed by atoms with van der Waals surface area (Å²) in [6.07, 6.45) is 4.87. The van der Waals surface area contributed by atoms with E-state index in [0.29, 0.717) is 11.8 Å². The predicted molar refractivity (Wildman–Crippen MR) is 83.4 cm³/mol. The lowest BCUT2D eigenvalue weighted by Crippen LogP contribution is -2.39. The molecule has 0 radical (unpaired) electrons. The predicted octanol–water partition coefficient (Wildman–Crippen LogP) is 3.58. The first-order valence-electron chi connectivity index (χ1n) is 7.31. The van der Waals surface area contributed by atoms with Gasteiger partial charge in [-0.3, -0.25) is 4.79 Å². The number of methoxy groups -OCH3 is 1. The minimum atomic E-state index is 0.264. The molecular weight excluding hydrogens is 270 g/mol. The first kappa shape index (κ1) is 15.2. The summed E-state index contributed by atoms with van der Waals surface area (Å²) in [5, 5.41) is 0. The number of rotatable bonds is 6. The number of nitrogens with zero attached hydrogens (tertiary/aromatic N) is 1. The largest absolute Gasteiger partial charge is 0.497 e.